The Morgan fingerprint density at radius 3 is 2.83 bits per heavy atom. The van der Waals surface area contributed by atoms with Gasteiger partial charge in [0.15, 0.2) is 0 Å². The molecule has 1 aliphatic heterocycles. The lowest BCUT2D eigenvalue weighted by atomic mass is 10.0. The summed E-state index contributed by atoms with van der Waals surface area (Å²) in [5, 5.41) is 11.2. The molecule has 0 spiro atoms. The second-order valence-corrected chi connectivity index (χ2v) is 5.04. The van der Waals surface area contributed by atoms with E-state index in [9.17, 15) is 10.1 Å². The minimum atomic E-state index is -0.430. The summed E-state index contributed by atoms with van der Waals surface area (Å²) in [6.45, 7) is 5.27. The highest BCUT2D eigenvalue weighted by molar-refractivity contribution is 6.28. The van der Waals surface area contributed by atoms with Crippen molar-refractivity contribution in [1.82, 2.24) is 9.97 Å². The molecule has 0 radical (unpaired) electrons. The zero-order valence-electron chi connectivity index (χ0n) is 10.4. The maximum atomic E-state index is 11.1. The molecule has 2 heterocycles. The molecule has 0 N–H and O–H groups in total. The fraction of sp³-hybridized carbons (Fsp3) is 0.636. The highest BCUT2D eigenvalue weighted by atomic mass is 35.5. The summed E-state index contributed by atoms with van der Waals surface area (Å²) in [7, 11) is 0. The second-order valence-electron chi connectivity index (χ2n) is 4.70. The van der Waals surface area contributed by atoms with Crippen LogP contribution in [0.1, 0.15) is 25.5 Å². The molecule has 0 amide bonds. The summed E-state index contributed by atoms with van der Waals surface area (Å²) >= 11 is 5.81. The van der Waals surface area contributed by atoms with Crippen LogP contribution >= 0.6 is 11.6 Å². The standard InChI is InChI=1S/C11H15ClN4O2/c1-7-4-3-5-15(6-7)10-9(16(17)18)8(2)13-11(12)14-10/h7H,3-6H2,1-2H3. The van der Waals surface area contributed by atoms with Gasteiger partial charge in [-0.15, -0.1) is 0 Å². The number of nitro groups is 1. The van der Waals surface area contributed by atoms with E-state index >= 15 is 0 Å². The first kappa shape index (κ1) is 13.0. The average molecular weight is 271 g/mol. The third-order valence-corrected chi connectivity index (χ3v) is 3.32. The molecule has 0 bridgehead atoms. The molecule has 1 saturated heterocycles. The summed E-state index contributed by atoms with van der Waals surface area (Å²) in [6.07, 6.45) is 2.15. The maximum Gasteiger partial charge on any atom is 0.332 e. The Balaban J connectivity index is 2.44. The molecule has 7 heteroatoms. The van der Waals surface area contributed by atoms with Crippen LogP contribution in [0.3, 0.4) is 0 Å². The number of rotatable bonds is 2. The minimum absolute atomic E-state index is 0.0338. The number of nitrogens with zero attached hydrogens (tertiary/aromatic N) is 4. The van der Waals surface area contributed by atoms with Crippen molar-refractivity contribution in [3.8, 4) is 0 Å². The van der Waals surface area contributed by atoms with Gasteiger partial charge in [-0.3, -0.25) is 10.1 Å². The smallest absolute Gasteiger partial charge is 0.332 e. The number of halogens is 1. The van der Waals surface area contributed by atoms with E-state index in [1.165, 1.54) is 0 Å². The van der Waals surface area contributed by atoms with Crippen LogP contribution in [0.2, 0.25) is 5.28 Å². The van der Waals surface area contributed by atoms with Crippen molar-refractivity contribution >= 4 is 23.1 Å². The predicted octanol–water partition coefficient (Wildman–Crippen LogP) is 2.58. The fourth-order valence-electron chi connectivity index (χ4n) is 2.33. The molecule has 1 aromatic rings. The van der Waals surface area contributed by atoms with Crippen LogP contribution in [0.4, 0.5) is 11.5 Å². The minimum Gasteiger partial charge on any atom is -0.350 e. The predicted molar refractivity (Wildman–Crippen MR) is 69.0 cm³/mol. The lowest BCUT2D eigenvalue weighted by Gasteiger charge is -2.31. The van der Waals surface area contributed by atoms with E-state index in [-0.39, 0.29) is 11.0 Å². The number of piperidine rings is 1. The first-order valence-electron chi connectivity index (χ1n) is 5.92. The molecule has 98 valence electrons. The summed E-state index contributed by atoms with van der Waals surface area (Å²) in [5.41, 5.74) is 0.279. The van der Waals surface area contributed by atoms with Crippen molar-refractivity contribution in [3.05, 3.63) is 21.1 Å². The topological polar surface area (TPSA) is 72.2 Å². The molecule has 0 aliphatic carbocycles. The Labute approximate surface area is 110 Å². The highest BCUT2D eigenvalue weighted by Gasteiger charge is 2.28. The average Bonchev–Trinajstić information content (AvgIpc) is 2.27. The summed E-state index contributed by atoms with van der Waals surface area (Å²) in [5.74, 6) is 0.858. The maximum absolute atomic E-state index is 11.1. The van der Waals surface area contributed by atoms with Gasteiger partial charge in [-0.05, 0) is 37.3 Å². The molecule has 1 fully saturated rings. The summed E-state index contributed by atoms with van der Waals surface area (Å²) in [4.78, 5) is 20.5. The molecule has 0 aromatic carbocycles. The molecular formula is C11H15ClN4O2. The highest BCUT2D eigenvalue weighted by Crippen LogP contribution is 2.32. The van der Waals surface area contributed by atoms with Crippen molar-refractivity contribution in [2.24, 2.45) is 5.92 Å². The van der Waals surface area contributed by atoms with Crippen LogP contribution < -0.4 is 4.90 Å². The van der Waals surface area contributed by atoms with Gasteiger partial charge in [0, 0.05) is 13.1 Å². The molecule has 1 aromatic heterocycles. The molecule has 1 atom stereocenters. The van der Waals surface area contributed by atoms with Crippen LogP contribution in [0.5, 0.6) is 0 Å². The Morgan fingerprint density at radius 2 is 2.22 bits per heavy atom. The Morgan fingerprint density at radius 1 is 1.50 bits per heavy atom. The van der Waals surface area contributed by atoms with Gasteiger partial charge in [0.25, 0.3) is 0 Å². The fourth-order valence-corrected chi connectivity index (χ4v) is 2.54. The molecule has 1 aliphatic rings. The molecule has 1 unspecified atom stereocenters. The number of anilines is 1. The number of aromatic nitrogens is 2. The number of hydrogen-bond donors (Lipinski definition) is 0. The first-order chi connectivity index (χ1) is 8.49. The van der Waals surface area contributed by atoms with Crippen LogP contribution in [-0.4, -0.2) is 28.0 Å². The SMILES string of the molecule is Cc1nc(Cl)nc(N2CCCC(C)C2)c1[N+](=O)[O-]. The molecular weight excluding hydrogens is 256 g/mol. The van der Waals surface area contributed by atoms with Gasteiger partial charge >= 0.3 is 5.69 Å². The number of hydrogen-bond acceptors (Lipinski definition) is 5. The van der Waals surface area contributed by atoms with E-state index in [0.717, 1.165) is 25.9 Å². The van der Waals surface area contributed by atoms with Crippen LogP contribution in [0.15, 0.2) is 0 Å². The van der Waals surface area contributed by atoms with Crippen molar-refractivity contribution in [2.45, 2.75) is 26.7 Å². The lowest BCUT2D eigenvalue weighted by Crippen LogP contribution is -2.35. The van der Waals surface area contributed by atoms with Gasteiger partial charge in [-0.1, -0.05) is 6.92 Å². The van der Waals surface area contributed by atoms with Crippen LogP contribution in [0.25, 0.3) is 0 Å². The Hall–Kier alpha value is -1.43. The van der Waals surface area contributed by atoms with Gasteiger partial charge in [0.05, 0.1) is 4.92 Å². The lowest BCUT2D eigenvalue weighted by molar-refractivity contribution is -0.385. The van der Waals surface area contributed by atoms with E-state index in [2.05, 4.69) is 16.9 Å². The Kier molecular flexibility index (Phi) is 3.65. The van der Waals surface area contributed by atoms with E-state index in [4.69, 9.17) is 11.6 Å². The zero-order chi connectivity index (χ0) is 13.3. The molecule has 18 heavy (non-hydrogen) atoms. The molecule has 6 nitrogen and oxygen atoms in total. The van der Waals surface area contributed by atoms with Gasteiger partial charge < -0.3 is 4.90 Å². The van der Waals surface area contributed by atoms with Crippen LogP contribution in [0, 0.1) is 23.0 Å². The Bertz CT molecular complexity index is 480. The van der Waals surface area contributed by atoms with Gasteiger partial charge in [-0.2, -0.15) is 4.98 Å². The second kappa shape index (κ2) is 5.06. The monoisotopic (exact) mass is 270 g/mol. The third-order valence-electron chi connectivity index (χ3n) is 3.15. The van der Waals surface area contributed by atoms with Gasteiger partial charge in [0.1, 0.15) is 5.69 Å². The van der Waals surface area contributed by atoms with Gasteiger partial charge in [0.2, 0.25) is 11.1 Å². The third kappa shape index (κ3) is 2.53. The van der Waals surface area contributed by atoms with Crippen LogP contribution in [-0.2, 0) is 0 Å². The van der Waals surface area contributed by atoms with E-state index in [0.29, 0.717) is 17.4 Å². The number of aryl methyl sites for hydroxylation is 1. The van der Waals surface area contributed by atoms with E-state index in [1.807, 2.05) is 4.90 Å². The normalized spacial score (nSPS) is 19.9. The summed E-state index contributed by atoms with van der Waals surface area (Å²) < 4.78 is 0. The quantitative estimate of drug-likeness (QED) is 0.469. The van der Waals surface area contributed by atoms with Gasteiger partial charge in [-0.25, -0.2) is 4.98 Å². The van der Waals surface area contributed by atoms with Crippen molar-refractivity contribution in [2.75, 3.05) is 18.0 Å². The van der Waals surface area contributed by atoms with Crippen molar-refractivity contribution in [1.29, 1.82) is 0 Å². The van der Waals surface area contributed by atoms with E-state index in [1.54, 1.807) is 6.92 Å². The van der Waals surface area contributed by atoms with E-state index < -0.39 is 4.92 Å². The van der Waals surface area contributed by atoms with Crippen molar-refractivity contribution in [3.63, 3.8) is 0 Å². The summed E-state index contributed by atoms with van der Waals surface area (Å²) in [6, 6.07) is 0. The first-order valence-corrected chi connectivity index (χ1v) is 6.30. The molecule has 0 saturated carbocycles. The largest absolute Gasteiger partial charge is 0.350 e. The van der Waals surface area contributed by atoms with Crippen molar-refractivity contribution < 1.29 is 4.92 Å². The zero-order valence-corrected chi connectivity index (χ0v) is 11.1. The molecule has 2 rings (SSSR count).